The number of benzene rings is 1. The molecule has 0 bridgehead atoms. The monoisotopic (exact) mass is 316 g/mol. The largest absolute Gasteiger partial charge is 0.394 e. The molecule has 0 aliphatic carbocycles. The number of aromatic nitrogens is 1. The first kappa shape index (κ1) is 17.5. The Balaban J connectivity index is 2.08. The maximum atomic E-state index is 12.3. The summed E-state index contributed by atoms with van der Waals surface area (Å²) in [6, 6.07) is 5.99. The zero-order chi connectivity index (χ0) is 17.0. The van der Waals surface area contributed by atoms with E-state index in [4.69, 9.17) is 0 Å². The van der Waals surface area contributed by atoms with Crippen LogP contribution >= 0.6 is 0 Å². The van der Waals surface area contributed by atoms with Gasteiger partial charge in [0.15, 0.2) is 0 Å². The Hall–Kier alpha value is -1.81. The molecule has 1 aromatic carbocycles. The number of amides is 1. The topological polar surface area (TPSA) is 65.1 Å². The molecule has 0 radical (unpaired) electrons. The van der Waals surface area contributed by atoms with Crippen LogP contribution in [0, 0.1) is 5.41 Å². The highest BCUT2D eigenvalue weighted by Crippen LogP contribution is 2.23. The number of aliphatic hydroxyl groups excluding tert-OH is 1. The molecule has 126 valence electrons. The molecule has 1 heterocycles. The summed E-state index contributed by atoms with van der Waals surface area (Å²) < 4.78 is 0. The predicted molar refractivity (Wildman–Crippen MR) is 94.5 cm³/mol. The lowest BCUT2D eigenvalue weighted by atomic mass is 9.88. The van der Waals surface area contributed by atoms with Crippen molar-refractivity contribution in [3.8, 4) is 0 Å². The highest BCUT2D eigenvalue weighted by molar-refractivity contribution is 5.90. The number of rotatable bonds is 6. The first-order chi connectivity index (χ1) is 10.8. The van der Waals surface area contributed by atoms with Crippen LogP contribution in [0.4, 0.5) is 0 Å². The number of aryl methyl sites for hydroxylation is 1. The second kappa shape index (κ2) is 7.18. The molecular weight excluding hydrogens is 288 g/mol. The zero-order valence-corrected chi connectivity index (χ0v) is 14.6. The van der Waals surface area contributed by atoms with Crippen molar-refractivity contribution in [1.82, 2.24) is 10.3 Å². The summed E-state index contributed by atoms with van der Waals surface area (Å²) in [4.78, 5) is 15.6. The molecule has 2 aromatic rings. The van der Waals surface area contributed by atoms with Gasteiger partial charge in [0, 0.05) is 17.1 Å². The van der Waals surface area contributed by atoms with E-state index >= 15 is 0 Å². The van der Waals surface area contributed by atoms with E-state index in [2.05, 4.69) is 44.1 Å². The normalized spacial score (nSPS) is 13.3. The van der Waals surface area contributed by atoms with Gasteiger partial charge in [-0.15, -0.1) is 0 Å². The molecule has 0 spiro atoms. The summed E-state index contributed by atoms with van der Waals surface area (Å²) in [5, 5.41) is 13.5. The number of H-pyrrole nitrogens is 1. The fourth-order valence-corrected chi connectivity index (χ4v) is 3.07. The molecular formula is C19H28N2O2. The number of hydrogen-bond acceptors (Lipinski definition) is 2. The van der Waals surface area contributed by atoms with Crippen LogP contribution in [-0.4, -0.2) is 28.6 Å². The molecule has 0 saturated carbocycles. The molecule has 4 nitrogen and oxygen atoms in total. The molecule has 2 rings (SSSR count). The SMILES string of the molecule is CCc1cccc2c(CC(=O)NC(CO)CC(C)(C)C)c[nH]c12. The van der Waals surface area contributed by atoms with Crippen LogP contribution in [0.5, 0.6) is 0 Å². The third-order valence-electron chi connectivity index (χ3n) is 4.06. The molecule has 23 heavy (non-hydrogen) atoms. The Morgan fingerprint density at radius 2 is 2.04 bits per heavy atom. The van der Waals surface area contributed by atoms with Gasteiger partial charge in [0.25, 0.3) is 0 Å². The van der Waals surface area contributed by atoms with Crippen molar-refractivity contribution in [3.63, 3.8) is 0 Å². The summed E-state index contributed by atoms with van der Waals surface area (Å²) in [7, 11) is 0. The number of carbonyl (C=O) groups excluding carboxylic acids is 1. The minimum Gasteiger partial charge on any atom is -0.394 e. The summed E-state index contributed by atoms with van der Waals surface area (Å²) >= 11 is 0. The van der Waals surface area contributed by atoms with Gasteiger partial charge in [-0.3, -0.25) is 4.79 Å². The molecule has 4 heteroatoms. The van der Waals surface area contributed by atoms with Gasteiger partial charge in [-0.1, -0.05) is 45.9 Å². The Kier molecular flexibility index (Phi) is 5.47. The summed E-state index contributed by atoms with van der Waals surface area (Å²) in [5.41, 5.74) is 3.44. The number of carbonyl (C=O) groups is 1. The fraction of sp³-hybridized carbons (Fsp3) is 0.526. The van der Waals surface area contributed by atoms with Gasteiger partial charge in [-0.05, 0) is 29.4 Å². The van der Waals surface area contributed by atoms with Crippen LogP contribution in [-0.2, 0) is 17.6 Å². The molecule has 1 atom stereocenters. The molecule has 3 N–H and O–H groups in total. The smallest absolute Gasteiger partial charge is 0.224 e. The molecule has 1 amide bonds. The Morgan fingerprint density at radius 3 is 2.65 bits per heavy atom. The van der Waals surface area contributed by atoms with E-state index in [-0.39, 0.29) is 24.0 Å². The van der Waals surface area contributed by atoms with Crippen molar-refractivity contribution in [1.29, 1.82) is 0 Å². The van der Waals surface area contributed by atoms with Gasteiger partial charge in [-0.2, -0.15) is 0 Å². The lowest BCUT2D eigenvalue weighted by molar-refractivity contribution is -0.121. The second-order valence-corrected chi connectivity index (χ2v) is 7.40. The maximum absolute atomic E-state index is 12.3. The summed E-state index contributed by atoms with van der Waals surface area (Å²) in [6.45, 7) is 8.41. The minimum absolute atomic E-state index is 0.0309. The van der Waals surface area contributed by atoms with Gasteiger partial charge >= 0.3 is 0 Å². The third-order valence-corrected chi connectivity index (χ3v) is 4.06. The van der Waals surface area contributed by atoms with E-state index in [9.17, 15) is 9.90 Å². The second-order valence-electron chi connectivity index (χ2n) is 7.40. The van der Waals surface area contributed by atoms with Gasteiger partial charge in [0.05, 0.1) is 19.1 Å². The molecule has 0 aliphatic rings. The van der Waals surface area contributed by atoms with Crippen molar-refractivity contribution in [3.05, 3.63) is 35.5 Å². The first-order valence-electron chi connectivity index (χ1n) is 8.32. The lowest BCUT2D eigenvalue weighted by Crippen LogP contribution is -2.40. The van der Waals surface area contributed by atoms with Crippen LogP contribution < -0.4 is 5.32 Å². The van der Waals surface area contributed by atoms with Crippen molar-refractivity contribution < 1.29 is 9.90 Å². The number of aliphatic hydroxyl groups is 1. The van der Waals surface area contributed by atoms with Crippen molar-refractivity contribution >= 4 is 16.8 Å². The Labute approximate surface area is 138 Å². The first-order valence-corrected chi connectivity index (χ1v) is 8.32. The quantitative estimate of drug-likeness (QED) is 0.766. The average molecular weight is 316 g/mol. The van der Waals surface area contributed by atoms with E-state index < -0.39 is 0 Å². The van der Waals surface area contributed by atoms with Crippen LogP contribution in [0.3, 0.4) is 0 Å². The predicted octanol–water partition coefficient (Wildman–Crippen LogP) is 3.19. The van der Waals surface area contributed by atoms with Crippen molar-refractivity contribution in [2.45, 2.75) is 53.0 Å². The van der Waals surface area contributed by atoms with Gasteiger partial charge in [0.1, 0.15) is 0 Å². The third kappa shape index (κ3) is 4.58. The van der Waals surface area contributed by atoms with Crippen LogP contribution in [0.2, 0.25) is 0 Å². The number of aromatic amines is 1. The molecule has 0 aliphatic heterocycles. The van der Waals surface area contributed by atoms with E-state index in [1.54, 1.807) is 0 Å². The standard InChI is InChI=1S/C19H28N2O2/c1-5-13-7-6-8-16-14(11-20-18(13)16)9-17(23)21-15(12-22)10-19(2,3)4/h6-8,11,15,20,22H,5,9-10,12H2,1-4H3,(H,21,23). The lowest BCUT2D eigenvalue weighted by Gasteiger charge is -2.25. The summed E-state index contributed by atoms with van der Waals surface area (Å²) in [6.07, 6.45) is 3.96. The van der Waals surface area contributed by atoms with Gasteiger partial charge in [0.2, 0.25) is 5.91 Å². The zero-order valence-electron chi connectivity index (χ0n) is 14.6. The number of fused-ring (bicyclic) bond motifs is 1. The number of para-hydroxylation sites is 1. The van der Waals surface area contributed by atoms with Crippen molar-refractivity contribution in [2.24, 2.45) is 5.41 Å². The molecule has 0 saturated heterocycles. The van der Waals surface area contributed by atoms with Crippen molar-refractivity contribution in [2.75, 3.05) is 6.61 Å². The summed E-state index contributed by atoms with van der Waals surface area (Å²) in [5.74, 6) is -0.0453. The highest BCUT2D eigenvalue weighted by atomic mass is 16.3. The van der Waals surface area contributed by atoms with E-state index in [0.717, 1.165) is 29.3 Å². The number of nitrogens with one attached hydrogen (secondary N) is 2. The molecule has 1 unspecified atom stereocenters. The van der Waals surface area contributed by atoms with Crippen LogP contribution in [0.1, 0.15) is 45.2 Å². The minimum atomic E-state index is -0.195. The van der Waals surface area contributed by atoms with Gasteiger partial charge < -0.3 is 15.4 Å². The van der Waals surface area contributed by atoms with Gasteiger partial charge in [-0.25, -0.2) is 0 Å². The van der Waals surface area contributed by atoms with Crippen LogP contribution in [0.15, 0.2) is 24.4 Å². The molecule has 0 fully saturated rings. The highest BCUT2D eigenvalue weighted by Gasteiger charge is 2.20. The Morgan fingerprint density at radius 1 is 1.30 bits per heavy atom. The number of hydrogen-bond donors (Lipinski definition) is 3. The van der Waals surface area contributed by atoms with E-state index in [1.807, 2.05) is 18.3 Å². The van der Waals surface area contributed by atoms with Crippen LogP contribution in [0.25, 0.3) is 10.9 Å². The van der Waals surface area contributed by atoms with E-state index in [1.165, 1.54) is 5.56 Å². The average Bonchev–Trinajstić information content (AvgIpc) is 2.88. The maximum Gasteiger partial charge on any atom is 0.224 e. The fourth-order valence-electron chi connectivity index (χ4n) is 3.07. The molecule has 1 aromatic heterocycles. The Bertz CT molecular complexity index is 668. The van der Waals surface area contributed by atoms with E-state index in [0.29, 0.717) is 6.42 Å².